The van der Waals surface area contributed by atoms with E-state index in [1.54, 1.807) is 30.4 Å². The van der Waals surface area contributed by atoms with E-state index in [4.69, 9.17) is 16.9 Å². The molecule has 1 fully saturated rings. The highest BCUT2D eigenvalue weighted by Crippen LogP contribution is 2.23. The Kier molecular flexibility index (Phi) is 7.45. The van der Waals surface area contributed by atoms with Crippen LogP contribution in [0.2, 0.25) is 5.02 Å². The molecule has 160 valence electrons. The van der Waals surface area contributed by atoms with E-state index >= 15 is 0 Å². The Morgan fingerprint density at radius 1 is 1.23 bits per heavy atom. The van der Waals surface area contributed by atoms with Crippen LogP contribution in [0.1, 0.15) is 30.5 Å². The van der Waals surface area contributed by atoms with E-state index in [1.807, 2.05) is 36.1 Å². The van der Waals surface area contributed by atoms with Crippen molar-refractivity contribution >= 4 is 35.2 Å². The lowest BCUT2D eigenvalue weighted by atomic mass is 10.1. The first kappa shape index (κ1) is 22.5. The minimum atomic E-state index is -0.199. The molecule has 1 aliphatic heterocycles. The number of benzene rings is 2. The summed E-state index contributed by atoms with van der Waals surface area (Å²) in [5, 5.41) is 12.2. The van der Waals surface area contributed by atoms with E-state index in [0.29, 0.717) is 22.8 Å². The van der Waals surface area contributed by atoms with Crippen LogP contribution in [-0.4, -0.2) is 47.3 Å². The fourth-order valence-corrected chi connectivity index (χ4v) is 3.85. The van der Waals surface area contributed by atoms with Crippen molar-refractivity contribution in [1.82, 2.24) is 9.80 Å². The Hall–Kier alpha value is -3.14. The molecule has 0 aromatic heterocycles. The lowest BCUT2D eigenvalue weighted by molar-refractivity contribution is -0.130. The van der Waals surface area contributed by atoms with Gasteiger partial charge in [-0.2, -0.15) is 5.26 Å². The molecule has 1 heterocycles. The van der Waals surface area contributed by atoms with Crippen molar-refractivity contribution in [3.8, 4) is 6.07 Å². The largest absolute Gasteiger partial charge is 0.334 e. The van der Waals surface area contributed by atoms with Crippen LogP contribution in [0.15, 0.2) is 48.5 Å². The number of carbonyl (C=O) groups excluding carboxylic acids is 2. The molecule has 2 amide bonds. The maximum atomic E-state index is 12.8. The minimum Gasteiger partial charge on any atom is -0.334 e. The summed E-state index contributed by atoms with van der Waals surface area (Å²) in [6, 6.07) is 15.0. The second kappa shape index (κ2) is 10.3. The maximum Gasteiger partial charge on any atom is 0.246 e. The van der Waals surface area contributed by atoms with Crippen molar-refractivity contribution in [2.75, 3.05) is 25.0 Å². The van der Waals surface area contributed by atoms with Crippen molar-refractivity contribution < 1.29 is 9.59 Å². The van der Waals surface area contributed by atoms with Crippen LogP contribution in [0.3, 0.4) is 0 Å². The lowest BCUT2D eigenvalue weighted by Gasteiger charge is -2.39. The summed E-state index contributed by atoms with van der Waals surface area (Å²) in [6.45, 7) is 6.46. The van der Waals surface area contributed by atoms with E-state index < -0.39 is 0 Å². The Balaban J connectivity index is 1.61. The van der Waals surface area contributed by atoms with Gasteiger partial charge in [-0.25, -0.2) is 0 Å². The zero-order valence-electron chi connectivity index (χ0n) is 17.6. The van der Waals surface area contributed by atoms with E-state index in [1.165, 1.54) is 6.92 Å². The molecule has 1 saturated heterocycles. The van der Waals surface area contributed by atoms with Crippen LogP contribution in [0.25, 0.3) is 6.08 Å². The van der Waals surface area contributed by atoms with Crippen molar-refractivity contribution in [3.05, 3.63) is 70.3 Å². The van der Waals surface area contributed by atoms with Gasteiger partial charge in [-0.3, -0.25) is 14.5 Å². The molecule has 1 N–H and O–H groups in total. The van der Waals surface area contributed by atoms with Gasteiger partial charge in [0.1, 0.15) is 0 Å². The van der Waals surface area contributed by atoms with Gasteiger partial charge in [0.05, 0.1) is 11.6 Å². The predicted octanol–water partition coefficient (Wildman–Crippen LogP) is 3.92. The molecular weight excluding hydrogens is 412 g/mol. The van der Waals surface area contributed by atoms with E-state index in [2.05, 4.69) is 16.3 Å². The number of nitrogens with zero attached hydrogens (tertiary/aromatic N) is 3. The fraction of sp³-hybridized carbons (Fsp3) is 0.292. The van der Waals surface area contributed by atoms with Crippen LogP contribution in [0.5, 0.6) is 0 Å². The van der Waals surface area contributed by atoms with Crippen LogP contribution in [-0.2, 0) is 16.1 Å². The number of anilines is 1. The van der Waals surface area contributed by atoms with Gasteiger partial charge in [0.2, 0.25) is 11.8 Å². The minimum absolute atomic E-state index is 0.0609. The Morgan fingerprint density at radius 2 is 1.97 bits per heavy atom. The Bertz CT molecular complexity index is 1030. The van der Waals surface area contributed by atoms with Gasteiger partial charge < -0.3 is 10.2 Å². The highest BCUT2D eigenvalue weighted by atomic mass is 35.5. The van der Waals surface area contributed by atoms with E-state index in [-0.39, 0.29) is 17.9 Å². The molecule has 2 aromatic rings. The fourth-order valence-electron chi connectivity index (χ4n) is 3.68. The second-order valence-electron chi connectivity index (χ2n) is 7.67. The average Bonchev–Trinajstić information content (AvgIpc) is 2.73. The molecule has 0 spiro atoms. The van der Waals surface area contributed by atoms with Gasteiger partial charge in [0.25, 0.3) is 0 Å². The second-order valence-corrected chi connectivity index (χ2v) is 8.11. The zero-order valence-corrected chi connectivity index (χ0v) is 18.4. The zero-order chi connectivity index (χ0) is 22.4. The number of hydrogen-bond donors (Lipinski definition) is 1. The SMILES string of the molecule is CC(=O)Nc1cc(Cl)ccc1/C=C/C(=O)N1CCN(Cc2ccc(C#N)cc2)CC1C. The van der Waals surface area contributed by atoms with Crippen molar-refractivity contribution in [3.63, 3.8) is 0 Å². The summed E-state index contributed by atoms with van der Waals surface area (Å²) in [5.41, 5.74) is 3.10. The van der Waals surface area contributed by atoms with E-state index in [9.17, 15) is 9.59 Å². The van der Waals surface area contributed by atoms with Crippen LogP contribution >= 0.6 is 11.6 Å². The summed E-state index contributed by atoms with van der Waals surface area (Å²) >= 11 is 6.02. The number of hydrogen-bond acceptors (Lipinski definition) is 4. The third-order valence-corrected chi connectivity index (χ3v) is 5.45. The third-order valence-electron chi connectivity index (χ3n) is 5.22. The first-order valence-electron chi connectivity index (χ1n) is 10.1. The molecule has 0 aliphatic carbocycles. The number of nitrogens with one attached hydrogen (secondary N) is 1. The van der Waals surface area contributed by atoms with Gasteiger partial charge in [-0.05, 0) is 48.4 Å². The topological polar surface area (TPSA) is 76.4 Å². The van der Waals surface area contributed by atoms with Gasteiger partial charge in [0.15, 0.2) is 0 Å². The van der Waals surface area contributed by atoms with Crippen molar-refractivity contribution in [2.45, 2.75) is 26.4 Å². The monoisotopic (exact) mass is 436 g/mol. The first-order valence-corrected chi connectivity index (χ1v) is 10.5. The summed E-state index contributed by atoms with van der Waals surface area (Å²) in [4.78, 5) is 28.4. The quantitative estimate of drug-likeness (QED) is 0.721. The molecule has 1 aliphatic rings. The molecule has 1 unspecified atom stereocenters. The number of rotatable bonds is 5. The summed E-state index contributed by atoms with van der Waals surface area (Å²) in [6.07, 6.45) is 3.25. The Morgan fingerprint density at radius 3 is 2.61 bits per heavy atom. The number of nitriles is 1. The third kappa shape index (κ3) is 6.17. The predicted molar refractivity (Wildman–Crippen MR) is 122 cm³/mol. The van der Waals surface area contributed by atoms with Gasteiger partial charge in [-0.15, -0.1) is 0 Å². The molecule has 6 nitrogen and oxygen atoms in total. The van der Waals surface area contributed by atoms with Crippen LogP contribution in [0, 0.1) is 11.3 Å². The van der Waals surface area contributed by atoms with Gasteiger partial charge >= 0.3 is 0 Å². The highest BCUT2D eigenvalue weighted by molar-refractivity contribution is 6.31. The van der Waals surface area contributed by atoms with E-state index in [0.717, 1.165) is 30.8 Å². The summed E-state index contributed by atoms with van der Waals surface area (Å²) < 4.78 is 0. The lowest BCUT2D eigenvalue weighted by Crippen LogP contribution is -2.53. The van der Waals surface area contributed by atoms with Gasteiger partial charge in [-0.1, -0.05) is 29.8 Å². The molecule has 1 atom stereocenters. The number of amides is 2. The first-order chi connectivity index (χ1) is 14.9. The molecule has 0 bridgehead atoms. The summed E-state index contributed by atoms with van der Waals surface area (Å²) in [5.74, 6) is -0.260. The Labute approximate surface area is 187 Å². The molecule has 3 rings (SSSR count). The van der Waals surface area contributed by atoms with Crippen molar-refractivity contribution in [1.29, 1.82) is 5.26 Å². The average molecular weight is 437 g/mol. The van der Waals surface area contributed by atoms with Crippen LogP contribution in [0.4, 0.5) is 5.69 Å². The molecule has 2 aromatic carbocycles. The molecular formula is C24H25ClN4O2. The molecule has 0 radical (unpaired) electrons. The number of halogens is 1. The number of carbonyl (C=O) groups is 2. The molecule has 0 saturated carbocycles. The maximum absolute atomic E-state index is 12.8. The van der Waals surface area contributed by atoms with Crippen LogP contribution < -0.4 is 5.32 Å². The highest BCUT2D eigenvalue weighted by Gasteiger charge is 2.26. The standard InChI is InChI=1S/C24H25ClN4O2/c1-17-15-28(16-20-5-3-19(14-26)4-6-20)11-12-29(17)24(31)10-8-21-7-9-22(25)13-23(21)27-18(2)30/h3-10,13,17H,11-12,15-16H2,1-2H3,(H,27,30)/b10-8+. The van der Waals surface area contributed by atoms with Gasteiger partial charge in [0, 0.05) is 55.9 Å². The smallest absolute Gasteiger partial charge is 0.246 e. The normalized spacial score (nSPS) is 16.8. The van der Waals surface area contributed by atoms with Crippen molar-refractivity contribution in [2.24, 2.45) is 0 Å². The number of piperazine rings is 1. The summed E-state index contributed by atoms with van der Waals surface area (Å²) in [7, 11) is 0. The molecule has 7 heteroatoms. The molecule has 31 heavy (non-hydrogen) atoms.